The van der Waals surface area contributed by atoms with Crippen LogP contribution in [0.5, 0.6) is 0 Å². The summed E-state index contributed by atoms with van der Waals surface area (Å²) in [7, 11) is -3.71. The van der Waals surface area contributed by atoms with Crippen LogP contribution in [0.2, 0.25) is 0 Å². The van der Waals surface area contributed by atoms with Crippen LogP contribution < -0.4 is 10.0 Å². The smallest absolute Gasteiger partial charge is 0.339 e. The van der Waals surface area contributed by atoms with Crippen LogP contribution in [0, 0.1) is 0 Å². The van der Waals surface area contributed by atoms with Crippen LogP contribution in [0.1, 0.15) is 23.2 Å². The van der Waals surface area contributed by atoms with E-state index in [2.05, 4.69) is 26.0 Å². The Bertz CT molecular complexity index is 1040. The molecule has 0 aliphatic heterocycles. The summed E-state index contributed by atoms with van der Waals surface area (Å²) in [6, 6.07) is 11.3. The van der Waals surface area contributed by atoms with Gasteiger partial charge in [-0.3, -0.25) is 4.79 Å². The highest BCUT2D eigenvalue weighted by atomic mass is 79.9. The first-order valence-corrected chi connectivity index (χ1v) is 12.2. The Morgan fingerprint density at radius 2 is 1.97 bits per heavy atom. The number of ether oxygens (including phenoxy) is 1. The molecule has 0 heterocycles. The molecule has 1 fully saturated rings. The lowest BCUT2D eigenvalue weighted by atomic mass is 10.2. The summed E-state index contributed by atoms with van der Waals surface area (Å²) in [5.41, 5.74) is 0.624. The van der Waals surface area contributed by atoms with E-state index in [0.29, 0.717) is 10.2 Å². The number of hydrogen-bond acceptors (Lipinski definition) is 6. The Balaban J connectivity index is 1.63. The monoisotopic (exact) mass is 498 g/mol. The van der Waals surface area contributed by atoms with Crippen LogP contribution in [0.25, 0.3) is 0 Å². The first-order chi connectivity index (χ1) is 13.8. The number of benzene rings is 2. The number of halogens is 1. The van der Waals surface area contributed by atoms with Crippen LogP contribution >= 0.6 is 27.7 Å². The first kappa shape index (κ1) is 21.8. The van der Waals surface area contributed by atoms with Crippen molar-refractivity contribution >= 4 is 55.3 Å². The minimum atomic E-state index is -3.71. The SMILES string of the molecule is CSc1cccc(NC(=O)COC(=O)c2cc(S(=O)(=O)NC3CC3)ccc2Br)c1. The molecule has 0 atom stereocenters. The van der Waals surface area contributed by atoms with E-state index in [1.165, 1.54) is 18.2 Å². The standard InChI is InChI=1S/C19H19BrN2O5S2/c1-28-14-4-2-3-13(9-14)21-18(23)11-27-19(24)16-10-15(7-8-17(16)20)29(25,26)22-12-5-6-12/h2-4,7-10,12,22H,5-6,11H2,1H3,(H,21,23). The minimum Gasteiger partial charge on any atom is -0.452 e. The second-order valence-electron chi connectivity index (χ2n) is 6.39. The Morgan fingerprint density at radius 3 is 2.66 bits per heavy atom. The van der Waals surface area contributed by atoms with Crippen molar-refractivity contribution in [1.29, 1.82) is 0 Å². The molecular formula is C19H19BrN2O5S2. The number of carbonyl (C=O) groups excluding carboxylic acids is 2. The lowest BCUT2D eigenvalue weighted by molar-refractivity contribution is -0.119. The van der Waals surface area contributed by atoms with Crippen molar-refractivity contribution in [1.82, 2.24) is 4.72 Å². The maximum Gasteiger partial charge on any atom is 0.339 e. The van der Waals surface area contributed by atoms with Gasteiger partial charge in [0.05, 0.1) is 10.5 Å². The Kier molecular flexibility index (Phi) is 6.99. The molecule has 7 nitrogen and oxygen atoms in total. The van der Waals surface area contributed by atoms with Crippen molar-refractivity contribution in [2.45, 2.75) is 28.7 Å². The van der Waals surface area contributed by atoms with Gasteiger partial charge in [-0.2, -0.15) is 0 Å². The van der Waals surface area contributed by atoms with Crippen molar-refractivity contribution in [3.05, 3.63) is 52.5 Å². The molecule has 2 N–H and O–H groups in total. The van der Waals surface area contributed by atoms with Crippen molar-refractivity contribution in [3.8, 4) is 0 Å². The van der Waals surface area contributed by atoms with Crippen LogP contribution in [-0.4, -0.2) is 39.2 Å². The third kappa shape index (κ3) is 6.05. The van der Waals surface area contributed by atoms with Gasteiger partial charge in [-0.1, -0.05) is 6.07 Å². The van der Waals surface area contributed by atoms with Gasteiger partial charge in [-0.05, 0) is 71.4 Å². The summed E-state index contributed by atoms with van der Waals surface area (Å²) in [5.74, 6) is -1.29. The fourth-order valence-corrected chi connectivity index (χ4v) is 4.62. The highest BCUT2D eigenvalue weighted by Gasteiger charge is 2.28. The molecule has 1 aliphatic carbocycles. The van der Waals surface area contributed by atoms with Crippen LogP contribution in [-0.2, 0) is 19.6 Å². The van der Waals surface area contributed by atoms with Gasteiger partial charge >= 0.3 is 5.97 Å². The van der Waals surface area contributed by atoms with Gasteiger partial charge in [0.1, 0.15) is 0 Å². The largest absolute Gasteiger partial charge is 0.452 e. The van der Waals surface area contributed by atoms with E-state index < -0.39 is 28.5 Å². The zero-order valence-electron chi connectivity index (χ0n) is 15.5. The molecule has 0 unspecified atom stereocenters. The number of carbonyl (C=O) groups is 2. The molecule has 0 bridgehead atoms. The van der Waals surface area contributed by atoms with Crippen LogP contribution in [0.15, 0.2) is 56.7 Å². The average Bonchev–Trinajstić information content (AvgIpc) is 3.49. The van der Waals surface area contributed by atoms with E-state index in [1.807, 2.05) is 24.5 Å². The van der Waals surface area contributed by atoms with Crippen molar-refractivity contribution in [2.24, 2.45) is 0 Å². The minimum absolute atomic E-state index is 0.0286. The van der Waals surface area contributed by atoms with Gasteiger partial charge < -0.3 is 10.1 Å². The zero-order valence-corrected chi connectivity index (χ0v) is 18.7. The van der Waals surface area contributed by atoms with Gasteiger partial charge in [0.25, 0.3) is 5.91 Å². The van der Waals surface area contributed by atoms with E-state index in [0.717, 1.165) is 17.7 Å². The maximum absolute atomic E-state index is 12.4. The molecule has 2 aromatic carbocycles. The number of hydrogen-bond donors (Lipinski definition) is 2. The van der Waals surface area contributed by atoms with Gasteiger partial charge in [0.15, 0.2) is 6.61 Å². The van der Waals surface area contributed by atoms with E-state index in [1.54, 1.807) is 17.8 Å². The zero-order chi connectivity index (χ0) is 21.0. The molecule has 0 spiro atoms. The van der Waals surface area contributed by atoms with Crippen LogP contribution in [0.4, 0.5) is 5.69 Å². The predicted octanol–water partition coefficient (Wildman–Crippen LogP) is 3.41. The van der Waals surface area contributed by atoms with Crippen LogP contribution in [0.3, 0.4) is 0 Å². The van der Waals surface area contributed by atoms with Crippen molar-refractivity contribution < 1.29 is 22.7 Å². The van der Waals surface area contributed by atoms with Gasteiger partial charge in [0, 0.05) is 21.1 Å². The second-order valence-corrected chi connectivity index (χ2v) is 9.84. The number of amides is 1. The summed E-state index contributed by atoms with van der Waals surface area (Å²) < 4.78 is 32.7. The molecule has 0 radical (unpaired) electrons. The highest BCUT2D eigenvalue weighted by molar-refractivity contribution is 9.10. The van der Waals surface area contributed by atoms with E-state index in [-0.39, 0.29) is 16.5 Å². The van der Waals surface area contributed by atoms with Gasteiger partial charge in [-0.15, -0.1) is 11.8 Å². The molecular weight excluding hydrogens is 480 g/mol. The Hall–Kier alpha value is -1.88. The Labute approximate surface area is 181 Å². The number of sulfonamides is 1. The average molecular weight is 499 g/mol. The van der Waals surface area contributed by atoms with Crippen molar-refractivity contribution in [3.63, 3.8) is 0 Å². The number of anilines is 1. The number of esters is 1. The molecule has 29 heavy (non-hydrogen) atoms. The lowest BCUT2D eigenvalue weighted by Gasteiger charge is -2.10. The summed E-state index contributed by atoms with van der Waals surface area (Å²) >= 11 is 4.76. The summed E-state index contributed by atoms with van der Waals surface area (Å²) in [4.78, 5) is 25.4. The molecule has 1 saturated carbocycles. The lowest BCUT2D eigenvalue weighted by Crippen LogP contribution is -2.26. The van der Waals surface area contributed by atoms with Gasteiger partial charge in [-0.25, -0.2) is 17.9 Å². The molecule has 1 amide bonds. The normalized spacial score (nSPS) is 13.7. The summed E-state index contributed by atoms with van der Waals surface area (Å²) in [6.45, 7) is -0.494. The third-order valence-electron chi connectivity index (χ3n) is 4.06. The van der Waals surface area contributed by atoms with E-state index in [9.17, 15) is 18.0 Å². The molecule has 3 rings (SSSR count). The topological polar surface area (TPSA) is 102 Å². The van der Waals surface area contributed by atoms with E-state index >= 15 is 0 Å². The fourth-order valence-electron chi connectivity index (χ4n) is 2.42. The molecule has 154 valence electrons. The number of rotatable bonds is 8. The quantitative estimate of drug-likeness (QED) is 0.427. The van der Waals surface area contributed by atoms with Crippen molar-refractivity contribution in [2.75, 3.05) is 18.2 Å². The molecule has 10 heteroatoms. The first-order valence-electron chi connectivity index (χ1n) is 8.71. The number of thioether (sulfide) groups is 1. The molecule has 0 aromatic heterocycles. The second kappa shape index (κ2) is 9.29. The van der Waals surface area contributed by atoms with Gasteiger partial charge in [0.2, 0.25) is 10.0 Å². The van der Waals surface area contributed by atoms with E-state index in [4.69, 9.17) is 4.74 Å². The molecule has 1 aliphatic rings. The highest BCUT2D eigenvalue weighted by Crippen LogP contribution is 2.25. The molecule has 2 aromatic rings. The third-order valence-corrected chi connectivity index (χ3v) is 6.99. The summed E-state index contributed by atoms with van der Waals surface area (Å²) in [6.07, 6.45) is 3.54. The fraction of sp³-hybridized carbons (Fsp3) is 0.263. The maximum atomic E-state index is 12.4. The Morgan fingerprint density at radius 1 is 1.21 bits per heavy atom. The number of nitrogens with one attached hydrogen (secondary N) is 2. The summed E-state index contributed by atoms with van der Waals surface area (Å²) in [5, 5.41) is 2.66. The predicted molar refractivity (Wildman–Crippen MR) is 115 cm³/mol. The molecule has 0 saturated heterocycles.